The van der Waals surface area contributed by atoms with Gasteiger partial charge in [0.25, 0.3) is 0 Å². The van der Waals surface area contributed by atoms with E-state index in [1.54, 1.807) is 30.6 Å². The largest absolute Gasteiger partial charge is 0.450 e. The van der Waals surface area contributed by atoms with Gasteiger partial charge in [0.1, 0.15) is 5.76 Å². The molecule has 2 aromatic heterocycles. The summed E-state index contributed by atoms with van der Waals surface area (Å²) < 4.78 is 5.87. The van der Waals surface area contributed by atoms with Gasteiger partial charge in [-0.2, -0.15) is 0 Å². The van der Waals surface area contributed by atoms with Crippen molar-refractivity contribution in [3.63, 3.8) is 0 Å². The Bertz CT molecular complexity index is 549. The third kappa shape index (κ3) is 3.85. The van der Waals surface area contributed by atoms with Crippen LogP contribution in [0.4, 0.5) is 0 Å². The van der Waals surface area contributed by atoms with Crippen LogP contribution in [0.3, 0.4) is 0 Å². The average Bonchev–Trinajstić information content (AvgIpc) is 2.81. The van der Waals surface area contributed by atoms with Crippen LogP contribution in [0, 0.1) is 0 Å². The second kappa shape index (κ2) is 6.16. The van der Waals surface area contributed by atoms with Crippen molar-refractivity contribution in [2.75, 3.05) is 0 Å². The summed E-state index contributed by atoms with van der Waals surface area (Å²) in [5.74, 6) is 0.449. The molecule has 4 nitrogen and oxygen atoms in total. The summed E-state index contributed by atoms with van der Waals surface area (Å²) >= 11 is 3.19. The monoisotopic (exact) mass is 306 g/mol. The van der Waals surface area contributed by atoms with E-state index < -0.39 is 0 Å². The lowest BCUT2D eigenvalue weighted by atomic mass is 10.3. The van der Waals surface area contributed by atoms with E-state index in [-0.39, 0.29) is 5.91 Å². The van der Waals surface area contributed by atoms with Crippen LogP contribution in [0.15, 0.2) is 51.8 Å². The van der Waals surface area contributed by atoms with Gasteiger partial charge < -0.3 is 9.73 Å². The van der Waals surface area contributed by atoms with Crippen molar-refractivity contribution in [2.45, 2.75) is 6.54 Å². The van der Waals surface area contributed by atoms with Crippen LogP contribution in [-0.2, 0) is 11.3 Å². The molecule has 0 spiro atoms. The predicted octanol–water partition coefficient (Wildman–Crippen LogP) is 2.77. The van der Waals surface area contributed by atoms with Gasteiger partial charge in [-0.3, -0.25) is 9.78 Å². The van der Waals surface area contributed by atoms with Gasteiger partial charge in [0.2, 0.25) is 5.91 Å². The Morgan fingerprint density at radius 1 is 1.44 bits per heavy atom. The molecule has 0 aliphatic rings. The van der Waals surface area contributed by atoms with Crippen LogP contribution in [0.25, 0.3) is 6.08 Å². The van der Waals surface area contributed by atoms with Crippen LogP contribution in [-0.4, -0.2) is 10.9 Å². The molecular formula is C13H11BrN2O2. The average molecular weight is 307 g/mol. The van der Waals surface area contributed by atoms with E-state index in [4.69, 9.17) is 4.42 Å². The molecule has 0 bridgehead atoms. The molecule has 92 valence electrons. The molecule has 0 aromatic carbocycles. The van der Waals surface area contributed by atoms with Gasteiger partial charge >= 0.3 is 0 Å². The number of pyridine rings is 1. The van der Waals surface area contributed by atoms with Gasteiger partial charge in [0.05, 0.1) is 0 Å². The van der Waals surface area contributed by atoms with Gasteiger partial charge in [-0.15, -0.1) is 0 Å². The van der Waals surface area contributed by atoms with Gasteiger partial charge in [-0.05, 0) is 45.8 Å². The molecule has 0 unspecified atom stereocenters. The molecule has 1 amide bonds. The lowest BCUT2D eigenvalue weighted by Gasteiger charge is -2.00. The zero-order valence-electron chi connectivity index (χ0n) is 9.47. The number of amides is 1. The maximum Gasteiger partial charge on any atom is 0.244 e. The zero-order valence-corrected chi connectivity index (χ0v) is 11.1. The first-order valence-electron chi connectivity index (χ1n) is 5.34. The highest BCUT2D eigenvalue weighted by Crippen LogP contribution is 2.14. The fraction of sp³-hybridized carbons (Fsp3) is 0.0769. The molecule has 0 aliphatic carbocycles. The van der Waals surface area contributed by atoms with E-state index in [0.717, 1.165) is 5.56 Å². The van der Waals surface area contributed by atoms with Crippen LogP contribution in [0.2, 0.25) is 0 Å². The summed E-state index contributed by atoms with van der Waals surface area (Å²) in [4.78, 5) is 15.5. The zero-order chi connectivity index (χ0) is 12.8. The minimum Gasteiger partial charge on any atom is -0.450 e. The van der Waals surface area contributed by atoms with E-state index in [9.17, 15) is 4.79 Å². The smallest absolute Gasteiger partial charge is 0.244 e. The third-order valence-electron chi connectivity index (χ3n) is 2.18. The summed E-state index contributed by atoms with van der Waals surface area (Å²) in [5, 5.41) is 2.76. The molecule has 0 radical (unpaired) electrons. The van der Waals surface area contributed by atoms with Crippen LogP contribution >= 0.6 is 15.9 Å². The van der Waals surface area contributed by atoms with Crippen LogP contribution in [0.5, 0.6) is 0 Å². The Kier molecular flexibility index (Phi) is 4.30. The number of nitrogens with zero attached hydrogens (tertiary/aromatic N) is 1. The van der Waals surface area contributed by atoms with E-state index in [1.165, 1.54) is 6.08 Å². The highest BCUT2D eigenvalue weighted by Gasteiger charge is 1.98. The first kappa shape index (κ1) is 12.6. The second-order valence-corrected chi connectivity index (χ2v) is 4.34. The lowest BCUT2D eigenvalue weighted by molar-refractivity contribution is -0.116. The number of furan rings is 1. The molecule has 0 aliphatic heterocycles. The van der Waals surface area contributed by atoms with Crippen molar-refractivity contribution in [3.05, 3.63) is 58.7 Å². The Balaban J connectivity index is 1.84. The van der Waals surface area contributed by atoms with Gasteiger partial charge in [0.15, 0.2) is 4.67 Å². The first-order valence-corrected chi connectivity index (χ1v) is 6.13. The Labute approximate surface area is 113 Å². The fourth-order valence-corrected chi connectivity index (χ4v) is 1.65. The van der Waals surface area contributed by atoms with E-state index in [1.807, 2.05) is 12.1 Å². The third-order valence-corrected chi connectivity index (χ3v) is 2.61. The van der Waals surface area contributed by atoms with E-state index in [2.05, 4.69) is 26.2 Å². The standard InChI is InChI=1S/C13H11BrN2O2/c14-12-5-3-11(18-12)4-6-13(17)16-9-10-2-1-7-15-8-10/h1-8H,9H2,(H,16,17). The van der Waals surface area contributed by atoms with E-state index >= 15 is 0 Å². The number of halogens is 1. The number of carbonyl (C=O) groups is 1. The molecule has 0 saturated carbocycles. The van der Waals surface area contributed by atoms with E-state index in [0.29, 0.717) is 17.0 Å². The SMILES string of the molecule is O=C(C=Cc1ccc(Br)o1)NCc1cccnc1. The summed E-state index contributed by atoms with van der Waals surface area (Å²) in [5.41, 5.74) is 0.958. The van der Waals surface area contributed by atoms with Crippen LogP contribution < -0.4 is 5.32 Å². The van der Waals surface area contributed by atoms with Crippen molar-refractivity contribution in [1.82, 2.24) is 10.3 Å². The minimum absolute atomic E-state index is 0.175. The fourth-order valence-electron chi connectivity index (χ4n) is 1.33. The maximum atomic E-state index is 11.5. The number of hydrogen-bond acceptors (Lipinski definition) is 3. The molecule has 0 saturated heterocycles. The highest BCUT2D eigenvalue weighted by atomic mass is 79.9. The summed E-state index contributed by atoms with van der Waals surface area (Å²) in [6, 6.07) is 7.28. The number of aromatic nitrogens is 1. The van der Waals surface area contributed by atoms with Crippen molar-refractivity contribution in [2.24, 2.45) is 0 Å². The molecule has 2 rings (SSSR count). The number of nitrogens with one attached hydrogen (secondary N) is 1. The molecule has 2 aromatic rings. The molecular weight excluding hydrogens is 296 g/mol. The Morgan fingerprint density at radius 2 is 2.33 bits per heavy atom. The highest BCUT2D eigenvalue weighted by molar-refractivity contribution is 9.10. The molecule has 1 N–H and O–H groups in total. The van der Waals surface area contributed by atoms with Gasteiger partial charge in [0, 0.05) is 25.0 Å². The summed E-state index contributed by atoms with van der Waals surface area (Å²) in [7, 11) is 0. The quantitative estimate of drug-likeness (QED) is 0.884. The normalized spacial score (nSPS) is 10.7. The number of hydrogen-bond donors (Lipinski definition) is 1. The topological polar surface area (TPSA) is 55.1 Å². The molecule has 0 atom stereocenters. The molecule has 0 fully saturated rings. The predicted molar refractivity (Wildman–Crippen MR) is 71.5 cm³/mol. The lowest BCUT2D eigenvalue weighted by Crippen LogP contribution is -2.20. The Morgan fingerprint density at radius 3 is 3.00 bits per heavy atom. The van der Waals surface area contributed by atoms with Gasteiger partial charge in [-0.1, -0.05) is 6.07 Å². The van der Waals surface area contributed by atoms with Crippen molar-refractivity contribution in [3.8, 4) is 0 Å². The number of rotatable bonds is 4. The van der Waals surface area contributed by atoms with Crippen LogP contribution in [0.1, 0.15) is 11.3 Å². The minimum atomic E-state index is -0.175. The maximum absolute atomic E-state index is 11.5. The summed E-state index contributed by atoms with van der Waals surface area (Å²) in [6.07, 6.45) is 6.46. The Hall–Kier alpha value is -1.88. The molecule has 5 heteroatoms. The second-order valence-electron chi connectivity index (χ2n) is 3.55. The van der Waals surface area contributed by atoms with Gasteiger partial charge in [-0.25, -0.2) is 0 Å². The first-order chi connectivity index (χ1) is 8.74. The van der Waals surface area contributed by atoms with Crippen molar-refractivity contribution in [1.29, 1.82) is 0 Å². The van der Waals surface area contributed by atoms with Crippen molar-refractivity contribution < 1.29 is 9.21 Å². The summed E-state index contributed by atoms with van der Waals surface area (Å²) in [6.45, 7) is 0.457. The molecule has 18 heavy (non-hydrogen) atoms. The molecule has 2 heterocycles. The van der Waals surface area contributed by atoms with Crippen molar-refractivity contribution >= 4 is 27.9 Å². The number of carbonyl (C=O) groups excluding carboxylic acids is 1.